The highest BCUT2D eigenvalue weighted by atomic mass is 32.2. The second-order valence-electron chi connectivity index (χ2n) is 3.93. The molecular formula is C12H18N2O3S2. The number of aliphatic hydroxyl groups excluding tert-OH is 1. The van der Waals surface area contributed by atoms with Crippen molar-refractivity contribution in [3.8, 4) is 0 Å². The lowest BCUT2D eigenvalue weighted by atomic mass is 10.2. The Labute approximate surface area is 119 Å². The van der Waals surface area contributed by atoms with Gasteiger partial charge in [0.05, 0.1) is 4.90 Å². The van der Waals surface area contributed by atoms with E-state index in [0.29, 0.717) is 18.5 Å². The van der Waals surface area contributed by atoms with E-state index in [9.17, 15) is 8.42 Å². The average Bonchev–Trinajstić information content (AvgIpc) is 2.39. The maximum absolute atomic E-state index is 12.5. The van der Waals surface area contributed by atoms with Crippen LogP contribution in [-0.2, 0) is 10.0 Å². The molecule has 19 heavy (non-hydrogen) atoms. The van der Waals surface area contributed by atoms with Gasteiger partial charge in [0.25, 0.3) is 0 Å². The first-order valence-corrected chi connectivity index (χ1v) is 7.79. The average molecular weight is 302 g/mol. The maximum atomic E-state index is 12.5. The van der Waals surface area contributed by atoms with E-state index in [2.05, 4.69) is 0 Å². The molecule has 0 fully saturated rings. The molecule has 0 bridgehead atoms. The van der Waals surface area contributed by atoms with Gasteiger partial charge in [0, 0.05) is 25.3 Å². The second-order valence-corrected chi connectivity index (χ2v) is 6.28. The van der Waals surface area contributed by atoms with Crippen LogP contribution in [0.4, 0.5) is 0 Å². The van der Waals surface area contributed by atoms with Gasteiger partial charge in [0.2, 0.25) is 10.0 Å². The van der Waals surface area contributed by atoms with Crippen LogP contribution in [0.2, 0.25) is 0 Å². The van der Waals surface area contributed by atoms with Crippen LogP contribution in [0.5, 0.6) is 0 Å². The van der Waals surface area contributed by atoms with Crippen LogP contribution in [0, 0.1) is 0 Å². The Morgan fingerprint density at radius 3 is 2.58 bits per heavy atom. The number of nitrogens with two attached hydrogens (primary N) is 1. The smallest absolute Gasteiger partial charge is 0.243 e. The Morgan fingerprint density at radius 2 is 2.05 bits per heavy atom. The SMILES string of the molecule is CCN(CCCO)S(=O)(=O)c1ccccc1C(N)=S. The molecule has 0 heterocycles. The van der Waals surface area contributed by atoms with Crippen LogP contribution in [0.25, 0.3) is 0 Å². The van der Waals surface area contributed by atoms with E-state index in [1.54, 1.807) is 25.1 Å². The molecular weight excluding hydrogens is 284 g/mol. The summed E-state index contributed by atoms with van der Waals surface area (Å²) < 4.78 is 26.4. The Kier molecular flexibility index (Phi) is 5.86. The third-order valence-electron chi connectivity index (χ3n) is 2.69. The Morgan fingerprint density at radius 1 is 1.42 bits per heavy atom. The van der Waals surface area contributed by atoms with E-state index in [-0.39, 0.29) is 23.0 Å². The molecule has 1 aromatic carbocycles. The van der Waals surface area contributed by atoms with Crippen LogP contribution < -0.4 is 5.73 Å². The Bertz CT molecular complexity index is 544. The predicted molar refractivity (Wildman–Crippen MR) is 78.5 cm³/mol. The first-order valence-electron chi connectivity index (χ1n) is 5.95. The molecule has 0 saturated carbocycles. The minimum absolute atomic E-state index is 0.0526. The van der Waals surface area contributed by atoms with E-state index in [1.165, 1.54) is 10.4 Å². The molecule has 5 nitrogen and oxygen atoms in total. The molecule has 0 aromatic heterocycles. The summed E-state index contributed by atoms with van der Waals surface area (Å²) in [5.74, 6) is 0. The van der Waals surface area contributed by atoms with Gasteiger partial charge in [-0.3, -0.25) is 0 Å². The van der Waals surface area contributed by atoms with Gasteiger partial charge in [0.15, 0.2) is 0 Å². The monoisotopic (exact) mass is 302 g/mol. The molecule has 0 atom stereocenters. The van der Waals surface area contributed by atoms with Gasteiger partial charge in [-0.2, -0.15) is 4.31 Å². The molecule has 0 aliphatic carbocycles. The van der Waals surface area contributed by atoms with Crippen molar-refractivity contribution in [1.29, 1.82) is 0 Å². The first-order chi connectivity index (χ1) is 8.95. The Hall–Kier alpha value is -1.02. The number of sulfonamides is 1. The van der Waals surface area contributed by atoms with E-state index in [1.807, 2.05) is 0 Å². The van der Waals surface area contributed by atoms with E-state index in [4.69, 9.17) is 23.1 Å². The van der Waals surface area contributed by atoms with Crippen molar-refractivity contribution in [3.63, 3.8) is 0 Å². The largest absolute Gasteiger partial charge is 0.396 e. The maximum Gasteiger partial charge on any atom is 0.243 e. The van der Waals surface area contributed by atoms with Crippen LogP contribution in [0.1, 0.15) is 18.9 Å². The van der Waals surface area contributed by atoms with E-state index >= 15 is 0 Å². The van der Waals surface area contributed by atoms with Crippen molar-refractivity contribution < 1.29 is 13.5 Å². The predicted octanol–water partition coefficient (Wildman–Crippen LogP) is 0.714. The molecule has 3 N–H and O–H groups in total. The summed E-state index contributed by atoms with van der Waals surface area (Å²) in [6.45, 7) is 2.29. The quantitative estimate of drug-likeness (QED) is 0.725. The second kappa shape index (κ2) is 6.95. The molecule has 0 unspecified atom stereocenters. The summed E-state index contributed by atoms with van der Waals surface area (Å²) in [6, 6.07) is 6.41. The normalized spacial score (nSPS) is 11.7. The van der Waals surface area contributed by atoms with Crippen molar-refractivity contribution in [1.82, 2.24) is 4.31 Å². The van der Waals surface area contributed by atoms with Crippen molar-refractivity contribution in [2.45, 2.75) is 18.2 Å². The van der Waals surface area contributed by atoms with Gasteiger partial charge in [-0.25, -0.2) is 8.42 Å². The van der Waals surface area contributed by atoms with Crippen LogP contribution in [-0.4, -0.2) is 42.5 Å². The highest BCUT2D eigenvalue weighted by Gasteiger charge is 2.25. The van der Waals surface area contributed by atoms with Gasteiger partial charge in [-0.05, 0) is 12.5 Å². The number of rotatable bonds is 7. The summed E-state index contributed by atoms with van der Waals surface area (Å²) >= 11 is 4.88. The lowest BCUT2D eigenvalue weighted by Gasteiger charge is -2.21. The molecule has 0 aliphatic heterocycles. The molecule has 1 rings (SSSR count). The fourth-order valence-corrected chi connectivity index (χ4v) is 3.67. The summed E-state index contributed by atoms with van der Waals surface area (Å²) in [6.07, 6.45) is 0.391. The van der Waals surface area contributed by atoms with Crippen LogP contribution in [0.15, 0.2) is 29.2 Å². The number of hydrogen-bond donors (Lipinski definition) is 2. The molecule has 0 aliphatic rings. The van der Waals surface area contributed by atoms with Crippen molar-refractivity contribution in [2.24, 2.45) is 5.73 Å². The molecule has 0 saturated heterocycles. The standard InChI is InChI=1S/C12H18N2O3S2/c1-2-14(8-5-9-15)19(16,17)11-7-4-3-6-10(11)12(13)18/h3-4,6-7,15H,2,5,8-9H2,1H3,(H2,13,18). The van der Waals surface area contributed by atoms with Gasteiger partial charge < -0.3 is 10.8 Å². The van der Waals surface area contributed by atoms with E-state index in [0.717, 1.165) is 0 Å². The lowest BCUT2D eigenvalue weighted by Crippen LogP contribution is -2.33. The fraction of sp³-hybridized carbons (Fsp3) is 0.417. The zero-order valence-corrected chi connectivity index (χ0v) is 12.4. The number of hydrogen-bond acceptors (Lipinski definition) is 4. The van der Waals surface area contributed by atoms with Gasteiger partial charge in [-0.15, -0.1) is 0 Å². The zero-order valence-electron chi connectivity index (χ0n) is 10.7. The molecule has 0 spiro atoms. The lowest BCUT2D eigenvalue weighted by molar-refractivity contribution is 0.271. The molecule has 106 valence electrons. The van der Waals surface area contributed by atoms with Gasteiger partial charge >= 0.3 is 0 Å². The topological polar surface area (TPSA) is 83.6 Å². The van der Waals surface area contributed by atoms with E-state index < -0.39 is 10.0 Å². The zero-order chi connectivity index (χ0) is 14.5. The summed E-state index contributed by atoms with van der Waals surface area (Å²) in [5, 5.41) is 8.83. The first kappa shape index (κ1) is 16.0. The van der Waals surface area contributed by atoms with Crippen LogP contribution in [0.3, 0.4) is 0 Å². The third-order valence-corrected chi connectivity index (χ3v) is 4.94. The summed E-state index contributed by atoms with van der Waals surface area (Å²) in [5.41, 5.74) is 5.91. The highest BCUT2D eigenvalue weighted by Crippen LogP contribution is 2.20. The fourth-order valence-electron chi connectivity index (χ4n) is 1.73. The van der Waals surface area contributed by atoms with Crippen LogP contribution >= 0.6 is 12.2 Å². The highest BCUT2D eigenvalue weighted by molar-refractivity contribution is 7.89. The minimum atomic E-state index is -3.64. The third kappa shape index (κ3) is 3.73. The number of aliphatic hydroxyl groups is 1. The number of benzene rings is 1. The van der Waals surface area contributed by atoms with Crippen molar-refractivity contribution in [3.05, 3.63) is 29.8 Å². The number of thiocarbonyl (C=S) groups is 1. The summed E-state index contributed by atoms with van der Waals surface area (Å²) in [4.78, 5) is 0.166. The van der Waals surface area contributed by atoms with Gasteiger partial charge in [-0.1, -0.05) is 37.3 Å². The van der Waals surface area contributed by atoms with Crippen molar-refractivity contribution >= 4 is 27.2 Å². The molecule has 1 aromatic rings. The molecule has 0 radical (unpaired) electrons. The minimum Gasteiger partial charge on any atom is -0.396 e. The number of nitrogens with zero attached hydrogens (tertiary/aromatic N) is 1. The summed E-state index contributed by atoms with van der Waals surface area (Å²) in [7, 11) is -3.64. The Balaban J connectivity index is 3.22. The molecule has 7 heteroatoms. The van der Waals surface area contributed by atoms with Crippen molar-refractivity contribution in [2.75, 3.05) is 19.7 Å². The van der Waals surface area contributed by atoms with Gasteiger partial charge in [0.1, 0.15) is 4.99 Å². The molecule has 0 amide bonds.